The van der Waals surface area contributed by atoms with Crippen LogP contribution in [0.1, 0.15) is 18.4 Å². The van der Waals surface area contributed by atoms with Crippen LogP contribution in [0.2, 0.25) is 0 Å². The zero-order valence-electron chi connectivity index (χ0n) is 15.6. The number of rotatable bonds is 6. The molecule has 0 atom stereocenters. The fourth-order valence-corrected chi connectivity index (χ4v) is 2.81. The zero-order chi connectivity index (χ0) is 18.4. The summed E-state index contributed by atoms with van der Waals surface area (Å²) in [6.07, 6.45) is 3.92. The molecule has 0 aliphatic heterocycles. The summed E-state index contributed by atoms with van der Waals surface area (Å²) < 4.78 is 2.12. The number of aliphatic imine (C=N–C) groups is 1. The van der Waals surface area contributed by atoms with Crippen molar-refractivity contribution >= 4 is 5.96 Å². The van der Waals surface area contributed by atoms with Gasteiger partial charge in [-0.3, -0.25) is 0 Å². The highest BCUT2D eigenvalue weighted by Gasteiger charge is 2.09. The fourth-order valence-electron chi connectivity index (χ4n) is 2.81. The predicted octanol–water partition coefficient (Wildman–Crippen LogP) is 3.01. The van der Waals surface area contributed by atoms with Gasteiger partial charge in [0.05, 0.1) is 18.4 Å². The van der Waals surface area contributed by atoms with Crippen molar-refractivity contribution in [2.75, 3.05) is 13.6 Å². The lowest BCUT2D eigenvalue weighted by Crippen LogP contribution is -2.38. The molecule has 26 heavy (non-hydrogen) atoms. The second-order valence-corrected chi connectivity index (χ2v) is 6.25. The summed E-state index contributed by atoms with van der Waals surface area (Å²) in [7, 11) is 4.10. The summed E-state index contributed by atoms with van der Waals surface area (Å²) in [5.74, 6) is 1.72. The number of hydrogen-bond acceptors (Lipinski definition) is 2. The number of aromatic amines is 1. The van der Waals surface area contributed by atoms with E-state index in [9.17, 15) is 0 Å². The molecule has 6 nitrogen and oxygen atoms in total. The molecule has 136 valence electrons. The molecule has 0 aliphatic carbocycles. The number of imidazole rings is 1. The monoisotopic (exact) mass is 350 g/mol. The van der Waals surface area contributed by atoms with Crippen LogP contribution in [0.15, 0.2) is 59.9 Å². The Bertz CT molecular complexity index is 846. The summed E-state index contributed by atoms with van der Waals surface area (Å²) in [5, 5.41) is 3.35. The summed E-state index contributed by atoms with van der Waals surface area (Å²) in [6.45, 7) is 4.20. The lowest BCUT2D eigenvalue weighted by Gasteiger charge is -2.22. The van der Waals surface area contributed by atoms with Crippen LogP contribution >= 0.6 is 0 Å². The molecule has 6 heteroatoms. The van der Waals surface area contributed by atoms with Gasteiger partial charge in [0.15, 0.2) is 5.96 Å². The molecule has 0 radical (unpaired) electrons. The van der Waals surface area contributed by atoms with Crippen LogP contribution in [0, 0.1) is 0 Å². The van der Waals surface area contributed by atoms with E-state index >= 15 is 0 Å². The molecule has 0 spiro atoms. The van der Waals surface area contributed by atoms with Crippen LogP contribution in [0.4, 0.5) is 0 Å². The first-order valence-electron chi connectivity index (χ1n) is 8.86. The highest BCUT2D eigenvalue weighted by molar-refractivity contribution is 5.79. The normalized spacial score (nSPS) is 11.6. The van der Waals surface area contributed by atoms with Crippen molar-refractivity contribution in [2.24, 2.45) is 12.0 Å². The highest BCUT2D eigenvalue weighted by Crippen LogP contribution is 2.16. The maximum Gasteiger partial charge on any atom is 0.194 e. The average molecular weight is 350 g/mol. The van der Waals surface area contributed by atoms with Gasteiger partial charge in [-0.15, -0.1) is 0 Å². The van der Waals surface area contributed by atoms with Gasteiger partial charge in [0.25, 0.3) is 0 Å². The molecule has 0 unspecified atom stereocenters. The molecule has 2 heterocycles. The summed E-state index contributed by atoms with van der Waals surface area (Å²) in [5.41, 5.74) is 3.38. The second-order valence-electron chi connectivity index (χ2n) is 6.25. The number of hydrogen-bond donors (Lipinski definition) is 2. The Morgan fingerprint density at radius 1 is 1.23 bits per heavy atom. The van der Waals surface area contributed by atoms with Crippen molar-refractivity contribution in [1.29, 1.82) is 0 Å². The minimum absolute atomic E-state index is 0.507. The van der Waals surface area contributed by atoms with Gasteiger partial charge in [0.1, 0.15) is 12.4 Å². The fraction of sp³-hybridized carbons (Fsp3) is 0.300. The number of nitrogens with zero attached hydrogens (tertiary/aromatic N) is 4. The van der Waals surface area contributed by atoms with E-state index in [0.717, 1.165) is 36.1 Å². The van der Waals surface area contributed by atoms with Crippen LogP contribution in [-0.4, -0.2) is 39.0 Å². The van der Waals surface area contributed by atoms with Crippen LogP contribution in [0.25, 0.3) is 11.3 Å². The molecule has 0 saturated heterocycles. The van der Waals surface area contributed by atoms with Crippen LogP contribution in [-0.2, 0) is 20.1 Å². The maximum absolute atomic E-state index is 4.73. The SMILES string of the molecule is CCNC(=NCc1ncc(-c2ccccc2)[nH]1)N(C)Cc1cccn1C. The number of H-pyrrole nitrogens is 1. The van der Waals surface area contributed by atoms with Crippen molar-refractivity contribution in [1.82, 2.24) is 24.8 Å². The Balaban J connectivity index is 1.69. The number of guanidine groups is 1. The average Bonchev–Trinajstić information content (AvgIpc) is 3.29. The Kier molecular flexibility index (Phi) is 5.73. The first kappa shape index (κ1) is 17.8. The Hall–Kier alpha value is -3.02. The van der Waals surface area contributed by atoms with Gasteiger partial charge in [-0.1, -0.05) is 30.3 Å². The van der Waals surface area contributed by atoms with Crippen LogP contribution < -0.4 is 5.32 Å². The van der Waals surface area contributed by atoms with Crippen LogP contribution in [0.3, 0.4) is 0 Å². The first-order valence-corrected chi connectivity index (χ1v) is 8.86. The minimum atomic E-state index is 0.507. The molecule has 0 aliphatic rings. The molecule has 3 aromatic rings. The van der Waals surface area contributed by atoms with Crippen molar-refractivity contribution in [3.8, 4) is 11.3 Å². The summed E-state index contributed by atoms with van der Waals surface area (Å²) >= 11 is 0. The third-order valence-electron chi connectivity index (χ3n) is 4.24. The van der Waals surface area contributed by atoms with Gasteiger partial charge in [-0.25, -0.2) is 9.98 Å². The maximum atomic E-state index is 4.73. The molecule has 0 fully saturated rings. The molecular formula is C20H26N6. The van der Waals surface area contributed by atoms with Crippen LogP contribution in [0.5, 0.6) is 0 Å². The number of aromatic nitrogens is 3. The highest BCUT2D eigenvalue weighted by atomic mass is 15.3. The molecular weight excluding hydrogens is 324 g/mol. The van der Waals surface area contributed by atoms with Gasteiger partial charge in [-0.2, -0.15) is 0 Å². The van der Waals surface area contributed by atoms with Gasteiger partial charge in [0.2, 0.25) is 0 Å². The van der Waals surface area contributed by atoms with Crippen molar-refractivity contribution < 1.29 is 0 Å². The van der Waals surface area contributed by atoms with E-state index in [0.29, 0.717) is 6.54 Å². The molecule has 1 aromatic carbocycles. The molecule has 2 N–H and O–H groups in total. The molecule has 0 amide bonds. The third-order valence-corrected chi connectivity index (χ3v) is 4.24. The van der Waals surface area contributed by atoms with E-state index in [1.54, 1.807) is 0 Å². The molecule has 2 aromatic heterocycles. The van der Waals surface area contributed by atoms with Gasteiger partial charge < -0.3 is 19.8 Å². The molecule has 3 rings (SSSR count). The smallest absolute Gasteiger partial charge is 0.194 e. The Labute approximate surface area is 154 Å². The number of aryl methyl sites for hydroxylation is 1. The number of benzene rings is 1. The van der Waals surface area contributed by atoms with Gasteiger partial charge >= 0.3 is 0 Å². The Morgan fingerprint density at radius 3 is 2.73 bits per heavy atom. The first-order chi connectivity index (χ1) is 12.7. The largest absolute Gasteiger partial charge is 0.357 e. The lowest BCUT2D eigenvalue weighted by atomic mass is 10.2. The second kappa shape index (κ2) is 8.38. The molecule has 0 saturated carbocycles. The topological polar surface area (TPSA) is 61.2 Å². The Morgan fingerprint density at radius 2 is 2.04 bits per heavy atom. The van der Waals surface area contributed by atoms with E-state index in [1.807, 2.05) is 31.4 Å². The predicted molar refractivity (Wildman–Crippen MR) is 106 cm³/mol. The van der Waals surface area contributed by atoms with E-state index < -0.39 is 0 Å². The van der Waals surface area contributed by atoms with E-state index in [1.165, 1.54) is 5.69 Å². The van der Waals surface area contributed by atoms with Crippen molar-refractivity contribution in [3.63, 3.8) is 0 Å². The van der Waals surface area contributed by atoms with E-state index in [4.69, 9.17) is 4.99 Å². The van der Waals surface area contributed by atoms with Gasteiger partial charge in [-0.05, 0) is 24.6 Å². The summed E-state index contributed by atoms with van der Waals surface area (Å²) in [6, 6.07) is 14.4. The lowest BCUT2D eigenvalue weighted by molar-refractivity contribution is 0.461. The van der Waals surface area contributed by atoms with Crippen molar-refractivity contribution in [3.05, 3.63) is 66.4 Å². The quantitative estimate of drug-likeness (QED) is 0.531. The third kappa shape index (κ3) is 4.33. The zero-order valence-corrected chi connectivity index (χ0v) is 15.6. The minimum Gasteiger partial charge on any atom is -0.357 e. The van der Waals surface area contributed by atoms with Gasteiger partial charge in [0, 0.05) is 32.5 Å². The molecule has 0 bridgehead atoms. The standard InChI is InChI=1S/C20H26N6/c1-4-21-20(26(3)15-17-11-8-12-25(17)2)23-14-19-22-13-18(24-19)16-9-6-5-7-10-16/h5-13H,4,14-15H2,1-3H3,(H,21,23)(H,22,24). The number of nitrogens with one attached hydrogen (secondary N) is 2. The summed E-state index contributed by atoms with van der Waals surface area (Å²) in [4.78, 5) is 14.7. The van der Waals surface area contributed by atoms with Crippen molar-refractivity contribution in [2.45, 2.75) is 20.0 Å². The van der Waals surface area contributed by atoms with E-state index in [2.05, 4.69) is 69.2 Å². The van der Waals surface area contributed by atoms with E-state index in [-0.39, 0.29) is 0 Å².